The third-order valence-corrected chi connectivity index (χ3v) is 6.73. The van der Waals surface area contributed by atoms with Gasteiger partial charge in [-0.2, -0.15) is 0 Å². The van der Waals surface area contributed by atoms with Crippen molar-refractivity contribution in [3.05, 3.63) is 53.2 Å². The van der Waals surface area contributed by atoms with E-state index in [0.29, 0.717) is 42.2 Å². The molecule has 2 aromatic heterocycles. The summed E-state index contributed by atoms with van der Waals surface area (Å²) in [5.74, 6) is 0.0663. The molecule has 0 spiro atoms. The Morgan fingerprint density at radius 1 is 1.19 bits per heavy atom. The minimum absolute atomic E-state index is 0.0346. The van der Waals surface area contributed by atoms with Crippen molar-refractivity contribution in [1.29, 1.82) is 0 Å². The Hall–Kier alpha value is -3.49. The number of rotatable bonds is 5. The number of fused-ring (bicyclic) bond motifs is 1. The molecule has 4 rings (SSSR count). The Balaban J connectivity index is 1.78. The van der Waals surface area contributed by atoms with E-state index < -0.39 is 11.4 Å². The fourth-order valence-electron chi connectivity index (χ4n) is 4.90. The first kappa shape index (κ1) is 26.6. The van der Waals surface area contributed by atoms with E-state index in [-0.39, 0.29) is 29.5 Å². The van der Waals surface area contributed by atoms with Crippen LogP contribution in [0.3, 0.4) is 0 Å². The number of hydrogen-bond acceptors (Lipinski definition) is 5. The first-order valence-corrected chi connectivity index (χ1v) is 12.8. The summed E-state index contributed by atoms with van der Waals surface area (Å²) < 4.78 is 21.9. The van der Waals surface area contributed by atoms with Crippen molar-refractivity contribution in [3.8, 4) is 11.1 Å². The van der Waals surface area contributed by atoms with Gasteiger partial charge in [-0.15, -0.1) is 10.2 Å². The van der Waals surface area contributed by atoms with E-state index in [0.717, 1.165) is 12.0 Å². The number of likely N-dealkylation sites (tertiary alicyclic amines) is 1. The van der Waals surface area contributed by atoms with Crippen molar-refractivity contribution in [3.63, 3.8) is 0 Å². The van der Waals surface area contributed by atoms with Crippen LogP contribution in [0.1, 0.15) is 75.6 Å². The molecule has 0 N–H and O–H groups in total. The van der Waals surface area contributed by atoms with Gasteiger partial charge in [0.05, 0.1) is 5.56 Å². The van der Waals surface area contributed by atoms with Gasteiger partial charge < -0.3 is 14.5 Å². The highest BCUT2D eigenvalue weighted by atomic mass is 19.1. The van der Waals surface area contributed by atoms with Crippen molar-refractivity contribution in [2.75, 3.05) is 19.6 Å². The first-order chi connectivity index (χ1) is 17.4. The minimum Gasteiger partial charge on any atom is -0.444 e. The lowest BCUT2D eigenvalue weighted by Crippen LogP contribution is -2.37. The van der Waals surface area contributed by atoms with Crippen LogP contribution in [-0.4, -0.2) is 67.7 Å². The average Bonchev–Trinajstić information content (AvgIpc) is 3.45. The van der Waals surface area contributed by atoms with Crippen LogP contribution >= 0.6 is 0 Å². The highest BCUT2D eigenvalue weighted by Gasteiger charge is 2.32. The summed E-state index contributed by atoms with van der Waals surface area (Å²) in [5, 5.41) is 8.64. The lowest BCUT2D eigenvalue weighted by Gasteiger charge is -2.26. The molecule has 0 saturated carbocycles. The molecular formula is C28H36FN5O3. The molecule has 1 fully saturated rings. The highest BCUT2D eigenvalue weighted by Crippen LogP contribution is 2.35. The van der Waals surface area contributed by atoms with Gasteiger partial charge in [0.2, 0.25) is 0 Å². The molecule has 1 aliphatic rings. The molecular weight excluding hydrogens is 473 g/mol. The molecule has 1 aromatic carbocycles. The number of pyridine rings is 1. The van der Waals surface area contributed by atoms with E-state index in [9.17, 15) is 14.0 Å². The third-order valence-electron chi connectivity index (χ3n) is 6.73. The number of nitrogens with zero attached hydrogens (tertiary/aromatic N) is 5. The second-order valence-electron chi connectivity index (χ2n) is 10.9. The number of carbonyl (C=O) groups excluding carboxylic acids is 2. The Bertz CT molecular complexity index is 1330. The zero-order valence-electron chi connectivity index (χ0n) is 22.7. The summed E-state index contributed by atoms with van der Waals surface area (Å²) in [6, 6.07) is 6.27. The summed E-state index contributed by atoms with van der Waals surface area (Å²) in [6.07, 6.45) is 2.45. The molecule has 2 amide bonds. The second-order valence-corrected chi connectivity index (χ2v) is 10.9. The lowest BCUT2D eigenvalue weighted by molar-refractivity contribution is 0.0292. The molecule has 8 nitrogen and oxygen atoms in total. The fraction of sp³-hybridized carbons (Fsp3) is 0.500. The van der Waals surface area contributed by atoms with E-state index in [1.807, 2.05) is 65.1 Å². The zero-order valence-corrected chi connectivity index (χ0v) is 22.7. The van der Waals surface area contributed by atoms with E-state index >= 15 is 0 Å². The summed E-state index contributed by atoms with van der Waals surface area (Å²) >= 11 is 0. The van der Waals surface area contributed by atoms with Crippen LogP contribution < -0.4 is 0 Å². The van der Waals surface area contributed by atoms with Gasteiger partial charge in [-0.25, -0.2) is 9.18 Å². The molecule has 3 heterocycles. The normalized spacial score (nSPS) is 16.0. The van der Waals surface area contributed by atoms with Crippen LogP contribution in [0.2, 0.25) is 0 Å². The van der Waals surface area contributed by atoms with Crippen molar-refractivity contribution >= 4 is 17.6 Å². The minimum atomic E-state index is -0.561. The molecule has 1 aliphatic heterocycles. The molecule has 9 heteroatoms. The van der Waals surface area contributed by atoms with Gasteiger partial charge in [-0.3, -0.25) is 9.20 Å². The number of carbonyl (C=O) groups is 2. The number of aryl methyl sites for hydroxylation is 1. The summed E-state index contributed by atoms with van der Waals surface area (Å²) in [4.78, 5) is 29.6. The molecule has 0 bridgehead atoms. The van der Waals surface area contributed by atoms with Gasteiger partial charge >= 0.3 is 6.09 Å². The van der Waals surface area contributed by atoms with Crippen LogP contribution in [0, 0.1) is 12.7 Å². The van der Waals surface area contributed by atoms with Gasteiger partial charge in [0.1, 0.15) is 17.2 Å². The maximum Gasteiger partial charge on any atom is 0.410 e. The topological polar surface area (TPSA) is 80.0 Å². The van der Waals surface area contributed by atoms with Crippen LogP contribution in [0.15, 0.2) is 30.5 Å². The van der Waals surface area contributed by atoms with Gasteiger partial charge in [0.25, 0.3) is 5.91 Å². The molecule has 198 valence electrons. The monoisotopic (exact) mass is 509 g/mol. The second kappa shape index (κ2) is 10.1. The predicted molar refractivity (Wildman–Crippen MR) is 140 cm³/mol. The molecule has 1 unspecified atom stereocenters. The summed E-state index contributed by atoms with van der Waals surface area (Å²) in [6.45, 7) is 14.8. The van der Waals surface area contributed by atoms with Gasteiger partial charge in [0.15, 0.2) is 5.65 Å². The van der Waals surface area contributed by atoms with Crippen molar-refractivity contribution in [2.24, 2.45) is 0 Å². The maximum absolute atomic E-state index is 14.4. The van der Waals surface area contributed by atoms with Crippen LogP contribution in [0.4, 0.5) is 9.18 Å². The average molecular weight is 510 g/mol. The lowest BCUT2D eigenvalue weighted by atomic mass is 9.93. The zero-order chi connectivity index (χ0) is 27.1. The number of halogens is 1. The van der Waals surface area contributed by atoms with Crippen molar-refractivity contribution < 1.29 is 18.7 Å². The molecule has 0 aliphatic carbocycles. The van der Waals surface area contributed by atoms with Crippen LogP contribution in [-0.2, 0) is 4.74 Å². The van der Waals surface area contributed by atoms with Crippen LogP contribution in [0.25, 0.3) is 16.8 Å². The number of aromatic nitrogens is 3. The van der Waals surface area contributed by atoms with E-state index in [4.69, 9.17) is 4.74 Å². The Kier molecular flexibility index (Phi) is 7.26. The quantitative estimate of drug-likeness (QED) is 0.458. The van der Waals surface area contributed by atoms with Gasteiger partial charge in [-0.1, -0.05) is 6.07 Å². The maximum atomic E-state index is 14.4. The first-order valence-electron chi connectivity index (χ1n) is 12.8. The molecule has 3 aromatic rings. The van der Waals surface area contributed by atoms with Crippen molar-refractivity contribution in [1.82, 2.24) is 24.4 Å². The predicted octanol–water partition coefficient (Wildman–Crippen LogP) is 5.44. The SMILES string of the molecule is CCN(C(=O)c1cc(F)ccc1-c1cc(C2CCN(C(=O)OC(C)(C)C)C2)cn2c(C)nnc12)C(C)C. The smallest absolute Gasteiger partial charge is 0.410 e. The largest absolute Gasteiger partial charge is 0.444 e. The molecule has 1 atom stereocenters. The Morgan fingerprint density at radius 3 is 2.57 bits per heavy atom. The third kappa shape index (κ3) is 5.45. The van der Waals surface area contributed by atoms with Gasteiger partial charge in [0, 0.05) is 43.4 Å². The molecule has 37 heavy (non-hydrogen) atoms. The molecule has 1 saturated heterocycles. The summed E-state index contributed by atoms with van der Waals surface area (Å²) in [7, 11) is 0. The number of benzene rings is 1. The van der Waals surface area contributed by atoms with Crippen molar-refractivity contribution in [2.45, 2.75) is 72.4 Å². The van der Waals surface area contributed by atoms with E-state index in [2.05, 4.69) is 10.2 Å². The number of amides is 2. The highest BCUT2D eigenvalue weighted by molar-refractivity contribution is 6.02. The van der Waals surface area contributed by atoms with E-state index in [1.54, 1.807) is 15.9 Å². The van der Waals surface area contributed by atoms with Gasteiger partial charge in [-0.05, 0) is 84.2 Å². The Labute approximate surface area is 217 Å². The van der Waals surface area contributed by atoms with Crippen LogP contribution in [0.5, 0.6) is 0 Å². The molecule has 0 radical (unpaired) electrons. The summed E-state index contributed by atoms with van der Waals surface area (Å²) in [5.41, 5.74) is 2.63. The van der Waals surface area contributed by atoms with E-state index in [1.165, 1.54) is 12.1 Å². The fourth-order valence-corrected chi connectivity index (χ4v) is 4.90. The number of ether oxygens (including phenoxy) is 1. The number of hydrogen-bond donors (Lipinski definition) is 0. The standard InChI is InChI=1S/C28H36FN5O3/c1-8-33(17(2)3)26(35)24-14-21(29)9-10-22(24)23-13-20(16-34-18(4)30-31-25(23)34)19-11-12-32(15-19)27(36)37-28(5,6)7/h9-10,13-14,16-17,19H,8,11-12,15H2,1-7H3. The Morgan fingerprint density at radius 2 is 1.92 bits per heavy atom.